The summed E-state index contributed by atoms with van der Waals surface area (Å²) in [5.74, 6) is -1.50. The summed E-state index contributed by atoms with van der Waals surface area (Å²) in [6.45, 7) is 5.32. The number of amides is 3. The zero-order valence-electron chi connectivity index (χ0n) is 24.0. The lowest BCUT2D eigenvalue weighted by Crippen LogP contribution is -2.52. The highest BCUT2D eigenvalue weighted by Crippen LogP contribution is 2.27. The molecule has 1 aliphatic carbocycles. The Bertz CT molecular complexity index is 1080. The van der Waals surface area contributed by atoms with Crippen LogP contribution in [0.4, 0.5) is 4.79 Å². The third kappa shape index (κ3) is 10.3. The van der Waals surface area contributed by atoms with Crippen LogP contribution in [-0.2, 0) is 27.2 Å². The fraction of sp³-hybridized carbons (Fsp3) is 0.531. The van der Waals surface area contributed by atoms with Gasteiger partial charge in [-0.3, -0.25) is 9.59 Å². The van der Waals surface area contributed by atoms with Gasteiger partial charge < -0.3 is 26.2 Å². The number of aliphatic hydroxyl groups is 1. The first-order chi connectivity index (χ1) is 19.0. The van der Waals surface area contributed by atoms with Crippen LogP contribution in [0.1, 0.15) is 70.4 Å². The fourth-order valence-electron chi connectivity index (χ4n) is 5.41. The number of ether oxygens (including phenoxy) is 1. The van der Waals surface area contributed by atoms with Crippen molar-refractivity contribution in [1.29, 1.82) is 0 Å². The van der Waals surface area contributed by atoms with E-state index in [1.54, 1.807) is 20.8 Å². The van der Waals surface area contributed by atoms with Crippen LogP contribution in [0.2, 0.25) is 0 Å². The van der Waals surface area contributed by atoms with Gasteiger partial charge in [-0.15, -0.1) is 0 Å². The van der Waals surface area contributed by atoms with Crippen LogP contribution in [0.15, 0.2) is 60.7 Å². The molecule has 0 bridgehead atoms. The Morgan fingerprint density at radius 2 is 1.45 bits per heavy atom. The molecule has 0 aromatic heterocycles. The van der Waals surface area contributed by atoms with Crippen LogP contribution in [0.5, 0.6) is 0 Å². The lowest BCUT2D eigenvalue weighted by atomic mass is 9.83. The van der Waals surface area contributed by atoms with E-state index in [-0.39, 0.29) is 18.2 Å². The first-order valence-electron chi connectivity index (χ1n) is 14.4. The summed E-state index contributed by atoms with van der Waals surface area (Å²) < 4.78 is 5.46. The zero-order chi connectivity index (χ0) is 29.1. The Balaban J connectivity index is 1.81. The second kappa shape index (κ2) is 14.8. The minimum absolute atomic E-state index is 0.0113. The summed E-state index contributed by atoms with van der Waals surface area (Å²) in [5, 5.41) is 17.2. The molecule has 2 aromatic rings. The summed E-state index contributed by atoms with van der Waals surface area (Å²) in [5.41, 5.74) is 6.90. The van der Waals surface area contributed by atoms with Gasteiger partial charge in [-0.25, -0.2) is 4.79 Å². The number of carbonyl (C=O) groups is 3. The van der Waals surface area contributed by atoms with Crippen molar-refractivity contribution in [3.05, 3.63) is 71.8 Å². The van der Waals surface area contributed by atoms with Gasteiger partial charge in [0.05, 0.1) is 12.1 Å². The van der Waals surface area contributed by atoms with E-state index in [9.17, 15) is 19.5 Å². The number of nitrogens with one attached hydrogen (secondary N) is 2. The standard InChI is InChI=1S/C32H45N3O5/c1-32(2,3)40-31(39)34-26(20-23-15-9-5-10-16-23)27(36)21-25(19-22-13-7-4-8-14-22)30(38)35-28(29(33)37)24-17-11-6-12-18-24/h4-5,7-10,13-16,24-28,36H,6,11-12,17-21H2,1-3H3,(H2,33,37)(H,34,39)(H,35,38)/t25-,26+,27+,28+/m1/s1. The first-order valence-corrected chi connectivity index (χ1v) is 14.4. The van der Waals surface area contributed by atoms with Crippen molar-refractivity contribution in [3.63, 3.8) is 0 Å². The molecule has 0 saturated heterocycles. The minimum atomic E-state index is -1.06. The molecule has 0 aliphatic heterocycles. The van der Waals surface area contributed by atoms with Crippen molar-refractivity contribution in [1.82, 2.24) is 10.6 Å². The van der Waals surface area contributed by atoms with Crippen LogP contribution in [-0.4, -0.2) is 46.8 Å². The molecular weight excluding hydrogens is 506 g/mol. The van der Waals surface area contributed by atoms with Gasteiger partial charge in [-0.2, -0.15) is 0 Å². The van der Waals surface area contributed by atoms with Crippen LogP contribution in [0, 0.1) is 11.8 Å². The third-order valence-electron chi connectivity index (χ3n) is 7.41. The molecule has 5 N–H and O–H groups in total. The molecule has 2 aromatic carbocycles. The van der Waals surface area contributed by atoms with Gasteiger partial charge in [0.2, 0.25) is 11.8 Å². The minimum Gasteiger partial charge on any atom is -0.444 e. The van der Waals surface area contributed by atoms with E-state index in [1.165, 1.54) is 0 Å². The van der Waals surface area contributed by atoms with Crippen molar-refractivity contribution >= 4 is 17.9 Å². The van der Waals surface area contributed by atoms with Gasteiger partial charge in [0, 0.05) is 5.92 Å². The molecule has 3 amide bonds. The molecule has 1 saturated carbocycles. The summed E-state index contributed by atoms with van der Waals surface area (Å²) in [7, 11) is 0. The Hall–Kier alpha value is -3.39. The molecule has 3 rings (SSSR count). The maximum Gasteiger partial charge on any atom is 0.407 e. The molecule has 8 heteroatoms. The Morgan fingerprint density at radius 3 is 1.98 bits per heavy atom. The van der Waals surface area contributed by atoms with Gasteiger partial charge in [-0.05, 0) is 69.9 Å². The average Bonchev–Trinajstić information content (AvgIpc) is 2.91. The van der Waals surface area contributed by atoms with Crippen LogP contribution in [0.25, 0.3) is 0 Å². The molecule has 1 aliphatic rings. The maximum absolute atomic E-state index is 13.7. The predicted octanol–water partition coefficient (Wildman–Crippen LogP) is 4.28. The number of alkyl carbamates (subject to hydrolysis) is 1. The van der Waals surface area contributed by atoms with E-state index < -0.39 is 41.7 Å². The van der Waals surface area contributed by atoms with Gasteiger partial charge >= 0.3 is 6.09 Å². The first kappa shape index (κ1) is 31.1. The molecule has 0 spiro atoms. The highest BCUT2D eigenvalue weighted by molar-refractivity contribution is 5.88. The van der Waals surface area contributed by atoms with Crippen LogP contribution >= 0.6 is 0 Å². The largest absolute Gasteiger partial charge is 0.444 e. The fourth-order valence-corrected chi connectivity index (χ4v) is 5.41. The lowest BCUT2D eigenvalue weighted by Gasteiger charge is -2.32. The van der Waals surface area contributed by atoms with Crippen molar-refractivity contribution < 1.29 is 24.2 Å². The molecule has 8 nitrogen and oxygen atoms in total. The number of hydrogen-bond acceptors (Lipinski definition) is 5. The third-order valence-corrected chi connectivity index (χ3v) is 7.41. The number of carbonyl (C=O) groups excluding carboxylic acids is 3. The molecule has 218 valence electrons. The van der Waals surface area contributed by atoms with Crippen molar-refractivity contribution in [2.45, 2.75) is 95.9 Å². The quantitative estimate of drug-likeness (QED) is 0.313. The lowest BCUT2D eigenvalue weighted by molar-refractivity contribution is -0.132. The van der Waals surface area contributed by atoms with Crippen molar-refractivity contribution in [2.75, 3.05) is 0 Å². The average molecular weight is 552 g/mol. The normalized spacial score (nSPS) is 17.2. The van der Waals surface area contributed by atoms with E-state index in [1.807, 2.05) is 60.7 Å². The van der Waals surface area contributed by atoms with E-state index in [0.717, 1.165) is 43.2 Å². The maximum atomic E-state index is 13.7. The smallest absolute Gasteiger partial charge is 0.407 e. The molecule has 0 unspecified atom stereocenters. The number of nitrogens with two attached hydrogens (primary N) is 1. The van der Waals surface area contributed by atoms with Crippen molar-refractivity contribution in [2.24, 2.45) is 17.6 Å². The van der Waals surface area contributed by atoms with Crippen molar-refractivity contribution in [3.8, 4) is 0 Å². The van der Waals surface area contributed by atoms with E-state index in [0.29, 0.717) is 12.8 Å². The number of primary amides is 1. The predicted molar refractivity (Wildman–Crippen MR) is 155 cm³/mol. The van der Waals surface area contributed by atoms with Crippen LogP contribution < -0.4 is 16.4 Å². The Kier molecular flexibility index (Phi) is 11.6. The number of aliphatic hydroxyl groups excluding tert-OH is 1. The highest BCUT2D eigenvalue weighted by atomic mass is 16.6. The Labute approximate surface area is 238 Å². The summed E-state index contributed by atoms with van der Waals surface area (Å²) in [4.78, 5) is 38.8. The van der Waals surface area contributed by atoms with Gasteiger partial charge in [-0.1, -0.05) is 79.9 Å². The summed E-state index contributed by atoms with van der Waals surface area (Å²) in [6.07, 6.45) is 3.92. The molecular formula is C32H45N3O5. The van der Waals surface area contributed by atoms with Gasteiger partial charge in [0.25, 0.3) is 0 Å². The van der Waals surface area contributed by atoms with Crippen LogP contribution in [0.3, 0.4) is 0 Å². The monoisotopic (exact) mass is 551 g/mol. The topological polar surface area (TPSA) is 131 Å². The zero-order valence-corrected chi connectivity index (χ0v) is 24.0. The van der Waals surface area contributed by atoms with E-state index >= 15 is 0 Å². The van der Waals surface area contributed by atoms with Gasteiger partial charge in [0.1, 0.15) is 11.6 Å². The molecule has 40 heavy (non-hydrogen) atoms. The summed E-state index contributed by atoms with van der Waals surface area (Å²) in [6, 6.07) is 17.7. The number of hydrogen-bond donors (Lipinski definition) is 4. The summed E-state index contributed by atoms with van der Waals surface area (Å²) >= 11 is 0. The second-order valence-corrected chi connectivity index (χ2v) is 11.9. The number of benzene rings is 2. The number of rotatable bonds is 12. The van der Waals surface area contributed by atoms with E-state index in [2.05, 4.69) is 10.6 Å². The molecule has 0 heterocycles. The molecule has 0 radical (unpaired) electrons. The molecule has 4 atom stereocenters. The second-order valence-electron chi connectivity index (χ2n) is 11.9. The van der Waals surface area contributed by atoms with Gasteiger partial charge in [0.15, 0.2) is 0 Å². The van der Waals surface area contributed by atoms with E-state index in [4.69, 9.17) is 10.5 Å². The highest BCUT2D eigenvalue weighted by Gasteiger charge is 2.34. The Morgan fingerprint density at radius 1 is 0.900 bits per heavy atom. The molecule has 1 fully saturated rings. The SMILES string of the molecule is CC(C)(C)OC(=O)N[C@@H](Cc1ccccc1)[C@@H](O)C[C@@H](Cc1ccccc1)C(=O)N[C@H](C(N)=O)C1CCCCC1.